The number of hydrogen-bond acceptors (Lipinski definition) is 4. The molecule has 206 valence electrons. The summed E-state index contributed by atoms with van der Waals surface area (Å²) < 4.78 is 12.4. The fraction of sp³-hybridized carbons (Fsp3) is 0.162. The molecule has 1 atom stereocenters. The van der Waals surface area contributed by atoms with Crippen molar-refractivity contribution in [2.24, 2.45) is 0 Å². The van der Waals surface area contributed by atoms with Crippen molar-refractivity contribution in [2.75, 3.05) is 0 Å². The molecule has 41 heavy (non-hydrogen) atoms. The Morgan fingerprint density at radius 1 is 0.610 bits per heavy atom. The van der Waals surface area contributed by atoms with Crippen LogP contribution in [0.5, 0.6) is 11.5 Å². The summed E-state index contributed by atoms with van der Waals surface area (Å²) >= 11 is 0. The molecule has 0 amide bonds. The molecule has 4 heteroatoms. The summed E-state index contributed by atoms with van der Waals surface area (Å²) in [5.41, 5.74) is 4.91. The van der Waals surface area contributed by atoms with Gasteiger partial charge in [0.05, 0.1) is 12.1 Å². The van der Waals surface area contributed by atoms with Crippen molar-refractivity contribution in [3.63, 3.8) is 0 Å². The normalized spacial score (nSPS) is 11.7. The van der Waals surface area contributed by atoms with Crippen molar-refractivity contribution in [1.82, 2.24) is 5.32 Å². The highest BCUT2D eigenvalue weighted by atomic mass is 16.5. The summed E-state index contributed by atoms with van der Waals surface area (Å²) in [5.74, 6) is 1.17. The minimum atomic E-state index is -0.390. The molecule has 0 aliphatic carbocycles. The molecule has 0 aliphatic heterocycles. The zero-order valence-electron chi connectivity index (χ0n) is 23.3. The Bertz CT molecular complexity index is 1470. The molecule has 0 saturated carbocycles. The van der Waals surface area contributed by atoms with Crippen molar-refractivity contribution >= 4 is 5.78 Å². The molecule has 1 N–H and O–H groups in total. The highest BCUT2D eigenvalue weighted by Crippen LogP contribution is 2.31. The van der Waals surface area contributed by atoms with Gasteiger partial charge < -0.3 is 9.47 Å². The van der Waals surface area contributed by atoms with E-state index in [4.69, 9.17) is 9.47 Å². The number of rotatable bonds is 13. The van der Waals surface area contributed by atoms with E-state index >= 15 is 0 Å². The summed E-state index contributed by atoms with van der Waals surface area (Å²) in [6, 6.07) is 45.5. The number of ketones is 1. The molecule has 0 aliphatic rings. The molecule has 0 fully saturated rings. The third kappa shape index (κ3) is 7.50. The van der Waals surface area contributed by atoms with Crippen LogP contribution in [0.4, 0.5) is 0 Å². The van der Waals surface area contributed by atoms with E-state index in [9.17, 15) is 4.79 Å². The number of Topliss-reactive ketones (excluding diaryl/α,β-unsaturated/α-hetero) is 1. The number of carbonyl (C=O) groups excluding carboxylic acids is 1. The smallest absolute Gasteiger partial charge is 0.179 e. The van der Waals surface area contributed by atoms with Crippen LogP contribution in [0.15, 0.2) is 140 Å². The quantitative estimate of drug-likeness (QED) is 0.153. The Morgan fingerprint density at radius 2 is 1.07 bits per heavy atom. The maximum atomic E-state index is 13.9. The highest BCUT2D eigenvalue weighted by Gasteiger charge is 2.25. The first-order chi connectivity index (χ1) is 20.2. The second-order valence-electron chi connectivity index (χ2n) is 9.96. The fourth-order valence-electron chi connectivity index (χ4n) is 4.82. The first kappa shape index (κ1) is 27.9. The molecule has 1 unspecified atom stereocenters. The zero-order chi connectivity index (χ0) is 28.3. The highest BCUT2D eigenvalue weighted by molar-refractivity contribution is 6.00. The van der Waals surface area contributed by atoms with Crippen LogP contribution in [0.2, 0.25) is 0 Å². The SMILES string of the molecule is CCC(NC(c1ccccc1)c1ccccc1)C(=O)c1ccc(OCc2ccccc2)c(OCc2ccccc2)c1. The molecule has 0 saturated heterocycles. The van der Waals surface area contributed by atoms with Gasteiger partial charge in [-0.05, 0) is 46.9 Å². The maximum Gasteiger partial charge on any atom is 0.179 e. The average Bonchev–Trinajstić information content (AvgIpc) is 3.05. The van der Waals surface area contributed by atoms with Gasteiger partial charge in [0.25, 0.3) is 0 Å². The fourth-order valence-corrected chi connectivity index (χ4v) is 4.82. The Balaban J connectivity index is 1.40. The van der Waals surface area contributed by atoms with E-state index in [-0.39, 0.29) is 11.8 Å². The minimum absolute atomic E-state index is 0.0172. The third-order valence-corrected chi connectivity index (χ3v) is 7.06. The lowest BCUT2D eigenvalue weighted by Gasteiger charge is -2.25. The number of nitrogens with one attached hydrogen (secondary N) is 1. The lowest BCUT2D eigenvalue weighted by Crippen LogP contribution is -2.39. The van der Waals surface area contributed by atoms with Crippen LogP contribution in [0.1, 0.15) is 52.0 Å². The van der Waals surface area contributed by atoms with Crippen LogP contribution in [0.25, 0.3) is 0 Å². The number of ether oxygens (including phenoxy) is 2. The van der Waals surface area contributed by atoms with Gasteiger partial charge in [0.1, 0.15) is 13.2 Å². The van der Waals surface area contributed by atoms with Gasteiger partial charge in [0.15, 0.2) is 17.3 Å². The molecular formula is C37H35NO3. The van der Waals surface area contributed by atoms with E-state index in [0.717, 1.165) is 22.3 Å². The van der Waals surface area contributed by atoms with Gasteiger partial charge in [0.2, 0.25) is 0 Å². The predicted molar refractivity (Wildman–Crippen MR) is 164 cm³/mol. The molecule has 5 aromatic carbocycles. The summed E-state index contributed by atoms with van der Waals surface area (Å²) in [6.45, 7) is 2.82. The molecule has 0 bridgehead atoms. The summed E-state index contributed by atoms with van der Waals surface area (Å²) in [4.78, 5) is 13.9. The second kappa shape index (κ2) is 14.1. The molecule has 0 spiro atoms. The van der Waals surface area contributed by atoms with E-state index in [0.29, 0.717) is 36.7 Å². The standard InChI is InChI=1S/C37H35NO3/c1-2-33(38-36(30-19-11-5-12-20-30)31-21-13-6-14-22-31)37(39)32-23-24-34(40-26-28-15-7-3-8-16-28)35(25-32)41-27-29-17-9-4-10-18-29/h3-25,33,36,38H,2,26-27H2,1H3. The number of benzene rings is 5. The van der Waals surface area contributed by atoms with Crippen molar-refractivity contribution in [1.29, 1.82) is 0 Å². The molecular weight excluding hydrogens is 506 g/mol. The molecule has 5 rings (SSSR count). The Hall–Kier alpha value is -4.67. The average molecular weight is 542 g/mol. The topological polar surface area (TPSA) is 47.6 Å². The van der Waals surface area contributed by atoms with E-state index in [1.54, 1.807) is 0 Å². The zero-order valence-corrected chi connectivity index (χ0v) is 23.3. The molecule has 5 aromatic rings. The maximum absolute atomic E-state index is 13.9. The lowest BCUT2D eigenvalue weighted by atomic mass is 9.95. The first-order valence-electron chi connectivity index (χ1n) is 14.1. The van der Waals surface area contributed by atoms with Gasteiger partial charge in [-0.2, -0.15) is 0 Å². The Kier molecular flexibility index (Phi) is 9.59. The van der Waals surface area contributed by atoms with Crippen LogP contribution < -0.4 is 14.8 Å². The van der Waals surface area contributed by atoms with E-state index < -0.39 is 6.04 Å². The molecule has 0 aromatic heterocycles. The Morgan fingerprint density at radius 3 is 1.56 bits per heavy atom. The second-order valence-corrected chi connectivity index (χ2v) is 9.96. The molecule has 0 heterocycles. The van der Waals surface area contributed by atoms with Gasteiger partial charge in [-0.15, -0.1) is 0 Å². The lowest BCUT2D eigenvalue weighted by molar-refractivity contribution is 0.0935. The third-order valence-electron chi connectivity index (χ3n) is 7.06. The van der Waals surface area contributed by atoms with Gasteiger partial charge in [-0.3, -0.25) is 10.1 Å². The predicted octanol–water partition coefficient (Wildman–Crippen LogP) is 8.19. The minimum Gasteiger partial charge on any atom is -0.485 e. The van der Waals surface area contributed by atoms with E-state index in [2.05, 4.69) is 29.6 Å². The van der Waals surface area contributed by atoms with Crippen molar-refractivity contribution < 1.29 is 14.3 Å². The largest absolute Gasteiger partial charge is 0.485 e. The summed E-state index contributed by atoms with van der Waals surface area (Å²) in [6.07, 6.45) is 0.640. The van der Waals surface area contributed by atoms with E-state index in [1.165, 1.54) is 0 Å². The Labute approximate surface area is 242 Å². The van der Waals surface area contributed by atoms with Gasteiger partial charge in [-0.1, -0.05) is 128 Å². The molecule has 4 nitrogen and oxygen atoms in total. The number of carbonyl (C=O) groups is 1. The summed E-state index contributed by atoms with van der Waals surface area (Å²) in [5, 5.41) is 3.65. The van der Waals surface area contributed by atoms with Gasteiger partial charge in [0, 0.05) is 5.56 Å². The van der Waals surface area contributed by atoms with Gasteiger partial charge >= 0.3 is 0 Å². The van der Waals surface area contributed by atoms with Crippen LogP contribution in [0, 0.1) is 0 Å². The molecule has 0 radical (unpaired) electrons. The monoisotopic (exact) mass is 541 g/mol. The van der Waals surface area contributed by atoms with Gasteiger partial charge in [-0.25, -0.2) is 0 Å². The first-order valence-corrected chi connectivity index (χ1v) is 14.1. The van der Waals surface area contributed by atoms with Crippen molar-refractivity contribution in [3.05, 3.63) is 167 Å². The number of hydrogen-bond donors (Lipinski definition) is 1. The van der Waals surface area contributed by atoms with Crippen LogP contribution in [-0.4, -0.2) is 11.8 Å². The van der Waals surface area contributed by atoms with Crippen LogP contribution in [0.3, 0.4) is 0 Å². The van der Waals surface area contributed by atoms with Crippen LogP contribution in [-0.2, 0) is 13.2 Å². The van der Waals surface area contributed by atoms with Crippen molar-refractivity contribution in [2.45, 2.75) is 38.6 Å². The van der Waals surface area contributed by atoms with Crippen molar-refractivity contribution in [3.8, 4) is 11.5 Å². The van der Waals surface area contributed by atoms with Crippen LogP contribution >= 0.6 is 0 Å². The van der Waals surface area contributed by atoms with E-state index in [1.807, 2.05) is 122 Å². The summed E-state index contributed by atoms with van der Waals surface area (Å²) in [7, 11) is 0.